The lowest BCUT2D eigenvalue weighted by atomic mass is 9.88. The SMILES string of the molecule is COc1ccc(C2=NC(=N)C(C#N)C(c3ccc(O)c(O)c3)=C2)cc1. The summed E-state index contributed by atoms with van der Waals surface area (Å²) in [7, 11) is 1.58. The van der Waals surface area contributed by atoms with Crippen LogP contribution in [0.2, 0.25) is 0 Å². The molecule has 0 radical (unpaired) electrons. The van der Waals surface area contributed by atoms with E-state index in [0.29, 0.717) is 22.6 Å². The summed E-state index contributed by atoms with van der Waals surface area (Å²) in [6.07, 6.45) is 1.72. The van der Waals surface area contributed by atoms with Crippen LogP contribution in [-0.4, -0.2) is 28.9 Å². The van der Waals surface area contributed by atoms with Crippen molar-refractivity contribution in [1.82, 2.24) is 0 Å². The standard InChI is InChI=1S/C19H15N3O3/c1-25-13-5-2-11(3-6-13)16-9-14(15(10-20)19(21)22-16)12-4-7-17(23)18(24)8-12/h2-9,15,21,23-24H,1H3. The number of allylic oxidation sites excluding steroid dienone is 1. The van der Waals surface area contributed by atoms with Crippen molar-refractivity contribution in [3.8, 4) is 23.3 Å². The topological polar surface area (TPSA) is 110 Å². The van der Waals surface area contributed by atoms with Gasteiger partial charge in [0.1, 0.15) is 17.5 Å². The van der Waals surface area contributed by atoms with Crippen molar-refractivity contribution in [1.29, 1.82) is 10.7 Å². The van der Waals surface area contributed by atoms with Gasteiger partial charge in [0.25, 0.3) is 0 Å². The van der Waals surface area contributed by atoms with Crippen LogP contribution in [0.5, 0.6) is 17.2 Å². The number of phenolic OH excluding ortho intramolecular Hbond substituents is 2. The van der Waals surface area contributed by atoms with Gasteiger partial charge in [0.05, 0.1) is 18.9 Å². The molecule has 0 amide bonds. The third-order valence-corrected chi connectivity index (χ3v) is 3.94. The maximum absolute atomic E-state index is 9.74. The molecule has 0 saturated heterocycles. The molecular formula is C19H15N3O3. The fourth-order valence-corrected chi connectivity index (χ4v) is 2.60. The number of aliphatic imine (C=N–C) groups is 1. The first-order valence-electron chi connectivity index (χ1n) is 7.48. The Hall–Kier alpha value is -3.59. The number of hydrogen-bond donors (Lipinski definition) is 3. The number of benzene rings is 2. The molecule has 1 aliphatic heterocycles. The first-order valence-corrected chi connectivity index (χ1v) is 7.48. The lowest BCUT2D eigenvalue weighted by Gasteiger charge is -2.19. The second kappa shape index (κ2) is 6.49. The van der Waals surface area contributed by atoms with Gasteiger partial charge in [0.2, 0.25) is 0 Å². The van der Waals surface area contributed by atoms with Crippen molar-refractivity contribution in [2.24, 2.45) is 10.9 Å². The van der Waals surface area contributed by atoms with Gasteiger partial charge in [-0.25, -0.2) is 4.99 Å². The summed E-state index contributed by atoms with van der Waals surface area (Å²) in [5.74, 6) is -0.731. The van der Waals surface area contributed by atoms with Gasteiger partial charge < -0.3 is 14.9 Å². The van der Waals surface area contributed by atoms with Crippen LogP contribution in [0.25, 0.3) is 5.57 Å². The number of ether oxygens (including phenoxy) is 1. The molecular weight excluding hydrogens is 318 g/mol. The minimum absolute atomic E-state index is 0.0709. The van der Waals surface area contributed by atoms with Crippen LogP contribution in [0.3, 0.4) is 0 Å². The molecule has 0 spiro atoms. The van der Waals surface area contributed by atoms with Gasteiger partial charge in [-0.1, -0.05) is 6.07 Å². The number of aromatic hydroxyl groups is 2. The van der Waals surface area contributed by atoms with Gasteiger partial charge in [0.15, 0.2) is 11.5 Å². The highest BCUT2D eigenvalue weighted by Gasteiger charge is 2.26. The van der Waals surface area contributed by atoms with Crippen molar-refractivity contribution < 1.29 is 14.9 Å². The number of nitrogens with zero attached hydrogens (tertiary/aromatic N) is 2. The third-order valence-electron chi connectivity index (χ3n) is 3.94. The molecule has 2 aromatic carbocycles. The van der Waals surface area contributed by atoms with E-state index in [2.05, 4.69) is 11.1 Å². The van der Waals surface area contributed by atoms with E-state index in [-0.39, 0.29) is 17.3 Å². The van der Waals surface area contributed by atoms with E-state index >= 15 is 0 Å². The number of hydrogen-bond acceptors (Lipinski definition) is 5. The largest absolute Gasteiger partial charge is 0.504 e. The summed E-state index contributed by atoms with van der Waals surface area (Å²) >= 11 is 0. The summed E-state index contributed by atoms with van der Waals surface area (Å²) in [6, 6.07) is 13.6. The van der Waals surface area contributed by atoms with Crippen LogP contribution in [0.4, 0.5) is 0 Å². The van der Waals surface area contributed by atoms with Crippen LogP contribution in [-0.2, 0) is 0 Å². The molecule has 1 heterocycles. The fraction of sp³-hybridized carbons (Fsp3) is 0.105. The molecule has 25 heavy (non-hydrogen) atoms. The maximum Gasteiger partial charge on any atom is 0.158 e. The van der Waals surface area contributed by atoms with E-state index < -0.39 is 5.92 Å². The minimum atomic E-state index is -0.842. The number of nitriles is 1. The van der Waals surface area contributed by atoms with E-state index in [1.807, 2.05) is 12.1 Å². The highest BCUT2D eigenvalue weighted by atomic mass is 16.5. The van der Waals surface area contributed by atoms with Gasteiger partial charge in [-0.3, -0.25) is 5.41 Å². The third kappa shape index (κ3) is 3.08. The second-order valence-corrected chi connectivity index (χ2v) is 5.48. The van der Waals surface area contributed by atoms with Crippen molar-refractivity contribution >= 4 is 17.1 Å². The number of phenols is 2. The first kappa shape index (κ1) is 16.3. The van der Waals surface area contributed by atoms with Gasteiger partial charge >= 0.3 is 0 Å². The van der Waals surface area contributed by atoms with E-state index in [1.54, 1.807) is 31.4 Å². The molecule has 1 unspecified atom stereocenters. The van der Waals surface area contributed by atoms with Crippen molar-refractivity contribution in [3.63, 3.8) is 0 Å². The zero-order valence-corrected chi connectivity index (χ0v) is 13.4. The van der Waals surface area contributed by atoms with Crippen LogP contribution in [0.15, 0.2) is 53.5 Å². The average molecular weight is 333 g/mol. The molecule has 0 saturated carbocycles. The predicted molar refractivity (Wildman–Crippen MR) is 94.1 cm³/mol. The van der Waals surface area contributed by atoms with Crippen molar-refractivity contribution in [3.05, 3.63) is 59.7 Å². The number of methoxy groups -OCH3 is 1. The van der Waals surface area contributed by atoms with Crippen molar-refractivity contribution in [2.45, 2.75) is 0 Å². The van der Waals surface area contributed by atoms with Crippen LogP contribution in [0, 0.1) is 22.7 Å². The normalized spacial score (nSPS) is 16.6. The summed E-state index contributed by atoms with van der Waals surface area (Å²) in [5, 5.41) is 36.7. The highest BCUT2D eigenvalue weighted by molar-refractivity contribution is 6.22. The summed E-state index contributed by atoms with van der Waals surface area (Å²) in [4.78, 5) is 4.22. The molecule has 0 aliphatic carbocycles. The highest BCUT2D eigenvalue weighted by Crippen LogP contribution is 2.34. The molecule has 3 rings (SSSR count). The van der Waals surface area contributed by atoms with E-state index in [4.69, 9.17) is 10.1 Å². The molecule has 3 N–H and O–H groups in total. The Balaban J connectivity index is 2.08. The number of amidine groups is 1. The van der Waals surface area contributed by atoms with Gasteiger partial charge in [-0.05, 0) is 53.6 Å². The zero-order chi connectivity index (χ0) is 18.0. The Morgan fingerprint density at radius 2 is 1.76 bits per heavy atom. The lowest BCUT2D eigenvalue weighted by Crippen LogP contribution is -2.19. The first-order chi connectivity index (χ1) is 12.0. The van der Waals surface area contributed by atoms with E-state index in [0.717, 1.165) is 5.56 Å². The number of rotatable bonds is 3. The Morgan fingerprint density at radius 1 is 1.08 bits per heavy atom. The zero-order valence-electron chi connectivity index (χ0n) is 13.4. The molecule has 6 nitrogen and oxygen atoms in total. The molecule has 0 fully saturated rings. The summed E-state index contributed by atoms with van der Waals surface area (Å²) in [6.45, 7) is 0. The van der Waals surface area contributed by atoms with E-state index in [1.165, 1.54) is 12.1 Å². The van der Waals surface area contributed by atoms with E-state index in [9.17, 15) is 15.5 Å². The van der Waals surface area contributed by atoms with Gasteiger partial charge in [-0.2, -0.15) is 5.26 Å². The molecule has 1 aliphatic rings. The smallest absolute Gasteiger partial charge is 0.158 e. The summed E-state index contributed by atoms with van der Waals surface area (Å²) in [5.41, 5.74) is 2.42. The molecule has 0 bridgehead atoms. The molecule has 2 aromatic rings. The molecule has 6 heteroatoms. The van der Waals surface area contributed by atoms with Crippen LogP contribution in [0.1, 0.15) is 11.1 Å². The molecule has 124 valence electrons. The Labute approximate surface area is 144 Å². The second-order valence-electron chi connectivity index (χ2n) is 5.48. The Morgan fingerprint density at radius 3 is 2.36 bits per heavy atom. The van der Waals surface area contributed by atoms with Gasteiger partial charge in [0, 0.05) is 5.56 Å². The van der Waals surface area contributed by atoms with Crippen molar-refractivity contribution in [2.75, 3.05) is 7.11 Å². The monoisotopic (exact) mass is 333 g/mol. The predicted octanol–water partition coefficient (Wildman–Crippen LogP) is 3.11. The molecule has 1 atom stereocenters. The Kier molecular flexibility index (Phi) is 4.23. The fourth-order valence-electron chi connectivity index (χ4n) is 2.60. The summed E-state index contributed by atoms with van der Waals surface area (Å²) < 4.78 is 5.13. The van der Waals surface area contributed by atoms with Crippen LogP contribution >= 0.6 is 0 Å². The molecule has 0 aromatic heterocycles. The van der Waals surface area contributed by atoms with Gasteiger partial charge in [-0.15, -0.1) is 0 Å². The number of nitrogens with one attached hydrogen (secondary N) is 1. The average Bonchev–Trinajstić information content (AvgIpc) is 2.63. The minimum Gasteiger partial charge on any atom is -0.504 e. The maximum atomic E-state index is 9.74. The quantitative estimate of drug-likeness (QED) is 0.750. The lowest BCUT2D eigenvalue weighted by molar-refractivity contribution is 0.403. The number of dihydropyridines is 1. The Bertz CT molecular complexity index is 937. The van der Waals surface area contributed by atoms with Crippen LogP contribution < -0.4 is 4.74 Å².